The Balaban J connectivity index is 1.54. The van der Waals surface area contributed by atoms with Gasteiger partial charge in [-0.05, 0) is 36.4 Å². The number of para-hydroxylation sites is 2. The molecule has 0 fully saturated rings. The Morgan fingerprint density at radius 3 is 2.69 bits per heavy atom. The number of nitriles is 1. The van der Waals surface area contributed by atoms with Crippen LogP contribution < -0.4 is 20.1 Å². The van der Waals surface area contributed by atoms with Gasteiger partial charge >= 0.3 is 0 Å². The molecule has 6 nitrogen and oxygen atoms in total. The molecule has 1 heterocycles. The first kappa shape index (κ1) is 17.3. The van der Waals surface area contributed by atoms with E-state index in [1.807, 2.05) is 30.3 Å². The number of hydrogen-bond acceptors (Lipinski definition) is 5. The lowest BCUT2D eigenvalue weighted by molar-refractivity contribution is -0.112. The number of carbonyl (C=O) groups is 1. The van der Waals surface area contributed by atoms with Gasteiger partial charge in [0.05, 0.1) is 6.54 Å². The van der Waals surface area contributed by atoms with E-state index in [0.717, 1.165) is 0 Å². The van der Waals surface area contributed by atoms with E-state index in [9.17, 15) is 9.18 Å². The van der Waals surface area contributed by atoms with Crippen molar-refractivity contribution in [2.45, 2.75) is 6.10 Å². The Kier molecular flexibility index (Phi) is 5.34. The Bertz CT molecular complexity index is 859. The molecule has 1 aliphatic heterocycles. The maximum atomic E-state index is 12.9. The van der Waals surface area contributed by atoms with Crippen LogP contribution in [0, 0.1) is 17.1 Å². The van der Waals surface area contributed by atoms with Crippen molar-refractivity contribution >= 4 is 11.6 Å². The van der Waals surface area contributed by atoms with E-state index in [1.54, 1.807) is 0 Å². The summed E-state index contributed by atoms with van der Waals surface area (Å²) in [5.74, 6) is 0.356. The fourth-order valence-electron chi connectivity index (χ4n) is 2.34. The molecule has 0 saturated heterocycles. The van der Waals surface area contributed by atoms with Gasteiger partial charge in [0.15, 0.2) is 11.5 Å². The summed E-state index contributed by atoms with van der Waals surface area (Å²) in [5, 5.41) is 14.6. The van der Waals surface area contributed by atoms with Gasteiger partial charge in [-0.3, -0.25) is 4.79 Å². The molecule has 0 radical (unpaired) electrons. The van der Waals surface area contributed by atoms with Crippen molar-refractivity contribution in [1.29, 1.82) is 5.26 Å². The molecule has 2 aromatic rings. The number of carbonyl (C=O) groups excluding carboxylic acids is 1. The second-order valence-electron chi connectivity index (χ2n) is 5.54. The van der Waals surface area contributed by atoms with Crippen LogP contribution >= 0.6 is 0 Å². The molecule has 0 aliphatic carbocycles. The minimum Gasteiger partial charge on any atom is -0.486 e. The van der Waals surface area contributed by atoms with E-state index in [1.165, 1.54) is 30.5 Å². The van der Waals surface area contributed by atoms with E-state index >= 15 is 0 Å². The van der Waals surface area contributed by atoms with Crippen LogP contribution in [0.5, 0.6) is 11.5 Å². The van der Waals surface area contributed by atoms with Crippen molar-refractivity contribution in [3.8, 4) is 17.6 Å². The number of hydrogen-bond donors (Lipinski definition) is 2. The number of ether oxygens (including phenoxy) is 2. The molecule has 26 heavy (non-hydrogen) atoms. The fourth-order valence-corrected chi connectivity index (χ4v) is 2.34. The summed E-state index contributed by atoms with van der Waals surface area (Å²) in [5.41, 5.74) is 0.296. The first-order chi connectivity index (χ1) is 12.7. The fraction of sp³-hybridized carbons (Fsp3) is 0.158. The average Bonchev–Trinajstić information content (AvgIpc) is 2.67. The van der Waals surface area contributed by atoms with E-state index in [2.05, 4.69) is 10.6 Å². The zero-order valence-corrected chi connectivity index (χ0v) is 13.7. The highest BCUT2D eigenvalue weighted by molar-refractivity contribution is 6.06. The van der Waals surface area contributed by atoms with Gasteiger partial charge in [-0.25, -0.2) is 4.39 Å². The molecule has 132 valence electrons. The van der Waals surface area contributed by atoms with Gasteiger partial charge in [-0.15, -0.1) is 0 Å². The number of benzene rings is 2. The standard InChI is InChI=1S/C19H16FN3O3/c20-14-5-7-15(8-6-14)23-19(24)13(9-21)10-22-11-16-12-25-17-3-1-2-4-18(17)26-16/h1-8,10,16,22H,11-12H2,(H,23,24)/b13-10-. The first-order valence-corrected chi connectivity index (χ1v) is 7.95. The maximum absolute atomic E-state index is 12.9. The highest BCUT2D eigenvalue weighted by Crippen LogP contribution is 2.30. The molecule has 2 aromatic carbocycles. The Labute approximate surface area is 149 Å². The SMILES string of the molecule is N#C/C(=C/NCC1COc2ccccc2O1)C(=O)Nc1ccc(F)cc1. The molecule has 0 aromatic heterocycles. The second-order valence-corrected chi connectivity index (χ2v) is 5.54. The zero-order valence-electron chi connectivity index (χ0n) is 13.7. The average molecular weight is 353 g/mol. The highest BCUT2D eigenvalue weighted by Gasteiger charge is 2.20. The highest BCUT2D eigenvalue weighted by atomic mass is 19.1. The third-order valence-corrected chi connectivity index (χ3v) is 3.63. The number of halogens is 1. The molecule has 1 aliphatic rings. The smallest absolute Gasteiger partial charge is 0.267 e. The molecular weight excluding hydrogens is 337 g/mol. The molecule has 1 atom stereocenters. The lowest BCUT2D eigenvalue weighted by atomic mass is 10.2. The van der Waals surface area contributed by atoms with Crippen LogP contribution in [0.25, 0.3) is 0 Å². The lowest BCUT2D eigenvalue weighted by Gasteiger charge is -2.26. The predicted octanol–water partition coefficient (Wildman–Crippen LogP) is 2.60. The van der Waals surface area contributed by atoms with Crippen molar-refractivity contribution in [2.75, 3.05) is 18.5 Å². The third-order valence-electron chi connectivity index (χ3n) is 3.63. The van der Waals surface area contributed by atoms with E-state index in [-0.39, 0.29) is 11.7 Å². The molecule has 2 N–H and O–H groups in total. The van der Waals surface area contributed by atoms with Gasteiger partial charge in [0, 0.05) is 11.9 Å². The molecule has 3 rings (SSSR count). The lowest BCUT2D eigenvalue weighted by Crippen LogP contribution is -2.37. The van der Waals surface area contributed by atoms with Crippen LogP contribution in [-0.2, 0) is 4.79 Å². The Morgan fingerprint density at radius 2 is 1.96 bits per heavy atom. The summed E-state index contributed by atoms with van der Waals surface area (Å²) in [6.07, 6.45) is 1.07. The zero-order chi connectivity index (χ0) is 18.4. The van der Waals surface area contributed by atoms with Gasteiger partial charge < -0.3 is 20.1 Å². The van der Waals surface area contributed by atoms with E-state index in [4.69, 9.17) is 14.7 Å². The van der Waals surface area contributed by atoms with Crippen molar-refractivity contribution in [3.05, 3.63) is 66.1 Å². The maximum Gasteiger partial charge on any atom is 0.267 e. The molecule has 0 bridgehead atoms. The summed E-state index contributed by atoms with van der Waals surface area (Å²) < 4.78 is 24.3. The van der Waals surface area contributed by atoms with Crippen molar-refractivity contribution in [1.82, 2.24) is 5.32 Å². The van der Waals surface area contributed by atoms with Crippen LogP contribution in [0.3, 0.4) is 0 Å². The third kappa shape index (κ3) is 4.30. The molecule has 0 saturated carbocycles. The number of nitrogens with zero attached hydrogens (tertiary/aromatic N) is 1. The largest absolute Gasteiger partial charge is 0.486 e. The van der Waals surface area contributed by atoms with Crippen LogP contribution in [0.2, 0.25) is 0 Å². The van der Waals surface area contributed by atoms with Gasteiger partial charge in [0.1, 0.15) is 30.2 Å². The summed E-state index contributed by atoms with van der Waals surface area (Å²) in [4.78, 5) is 12.1. The quantitative estimate of drug-likeness (QED) is 0.638. The molecule has 1 amide bonds. The van der Waals surface area contributed by atoms with Gasteiger partial charge in [0.25, 0.3) is 5.91 Å². The van der Waals surface area contributed by atoms with Crippen LogP contribution in [-0.4, -0.2) is 25.2 Å². The Hall–Kier alpha value is -3.53. The summed E-state index contributed by atoms with van der Waals surface area (Å²) in [6, 6.07) is 14.5. The van der Waals surface area contributed by atoms with Crippen LogP contribution in [0.4, 0.5) is 10.1 Å². The van der Waals surface area contributed by atoms with Crippen molar-refractivity contribution in [3.63, 3.8) is 0 Å². The summed E-state index contributed by atoms with van der Waals surface area (Å²) in [7, 11) is 0. The summed E-state index contributed by atoms with van der Waals surface area (Å²) in [6.45, 7) is 0.727. The predicted molar refractivity (Wildman–Crippen MR) is 93.1 cm³/mol. The number of nitrogens with one attached hydrogen (secondary N) is 2. The number of amides is 1. The van der Waals surface area contributed by atoms with Crippen molar-refractivity contribution < 1.29 is 18.7 Å². The molecule has 7 heteroatoms. The number of anilines is 1. The first-order valence-electron chi connectivity index (χ1n) is 7.95. The van der Waals surface area contributed by atoms with Gasteiger partial charge in [-0.1, -0.05) is 12.1 Å². The molecule has 1 unspecified atom stereocenters. The number of rotatable bonds is 5. The van der Waals surface area contributed by atoms with E-state index < -0.39 is 11.7 Å². The number of fused-ring (bicyclic) bond motifs is 1. The second kappa shape index (κ2) is 8.03. The molecular formula is C19H16FN3O3. The van der Waals surface area contributed by atoms with Crippen LogP contribution in [0.15, 0.2) is 60.3 Å². The summed E-state index contributed by atoms with van der Waals surface area (Å²) >= 11 is 0. The van der Waals surface area contributed by atoms with E-state index in [0.29, 0.717) is 30.3 Å². The minimum atomic E-state index is -0.585. The van der Waals surface area contributed by atoms with Crippen LogP contribution in [0.1, 0.15) is 0 Å². The topological polar surface area (TPSA) is 83.4 Å². The normalized spacial score (nSPS) is 15.7. The van der Waals surface area contributed by atoms with Gasteiger partial charge in [0.2, 0.25) is 0 Å². The van der Waals surface area contributed by atoms with Gasteiger partial charge in [-0.2, -0.15) is 5.26 Å². The Morgan fingerprint density at radius 1 is 1.23 bits per heavy atom. The molecule has 0 spiro atoms. The minimum absolute atomic E-state index is 0.105. The van der Waals surface area contributed by atoms with Crippen molar-refractivity contribution in [2.24, 2.45) is 0 Å². The monoisotopic (exact) mass is 353 g/mol.